The number of nitrogen functional groups attached to an aromatic ring is 1. The van der Waals surface area contributed by atoms with E-state index < -0.39 is 0 Å². The number of nitrogens with zero attached hydrogens (tertiary/aromatic N) is 5. The first-order valence-electron chi connectivity index (χ1n) is 5.53. The molecule has 92 valence electrons. The maximum absolute atomic E-state index is 5.63. The molecule has 0 saturated carbocycles. The summed E-state index contributed by atoms with van der Waals surface area (Å²) < 4.78 is 1.82. The Balaban J connectivity index is 2.00. The number of nitrogens with two attached hydrogens (primary N) is 1. The van der Waals surface area contributed by atoms with Crippen molar-refractivity contribution in [3.05, 3.63) is 18.5 Å². The summed E-state index contributed by atoms with van der Waals surface area (Å²) in [6, 6.07) is 1.87. The zero-order chi connectivity index (χ0) is 12.5. The highest BCUT2D eigenvalue weighted by Gasteiger charge is 2.09. The van der Waals surface area contributed by atoms with Crippen molar-refractivity contribution in [1.29, 1.82) is 0 Å². The Morgan fingerprint density at radius 3 is 3.11 bits per heavy atom. The Hall–Kier alpha value is -2.64. The van der Waals surface area contributed by atoms with Gasteiger partial charge in [-0.3, -0.25) is 9.78 Å². The maximum atomic E-state index is 5.63. The smallest absolute Gasteiger partial charge is 0.224 e. The molecular formula is C10H12N8. The highest BCUT2D eigenvalue weighted by molar-refractivity contribution is 5.88. The molecule has 0 spiro atoms. The van der Waals surface area contributed by atoms with Crippen molar-refractivity contribution in [2.24, 2.45) is 0 Å². The predicted molar refractivity (Wildman–Crippen MR) is 67.3 cm³/mol. The van der Waals surface area contributed by atoms with Gasteiger partial charge in [0, 0.05) is 18.8 Å². The first-order valence-corrected chi connectivity index (χ1v) is 5.53. The number of anilines is 3. The third kappa shape index (κ3) is 1.73. The molecule has 0 aliphatic heterocycles. The molecule has 3 heterocycles. The molecule has 3 aromatic rings. The van der Waals surface area contributed by atoms with Crippen LogP contribution in [0.4, 0.5) is 17.6 Å². The largest absolute Gasteiger partial charge is 0.368 e. The first-order chi connectivity index (χ1) is 8.76. The second kappa shape index (κ2) is 3.99. The topological polar surface area (TPSA) is 110 Å². The van der Waals surface area contributed by atoms with E-state index in [-0.39, 0.29) is 5.95 Å². The van der Waals surface area contributed by atoms with Crippen LogP contribution in [-0.2, 0) is 6.54 Å². The van der Waals surface area contributed by atoms with Gasteiger partial charge in [0.25, 0.3) is 0 Å². The molecule has 8 nitrogen and oxygen atoms in total. The first kappa shape index (κ1) is 10.5. The van der Waals surface area contributed by atoms with Crippen LogP contribution < -0.4 is 11.1 Å². The molecular weight excluding hydrogens is 232 g/mol. The Morgan fingerprint density at radius 1 is 1.44 bits per heavy atom. The highest BCUT2D eigenvalue weighted by atomic mass is 15.3. The molecule has 0 aromatic carbocycles. The number of H-pyrrole nitrogens is 1. The quantitative estimate of drug-likeness (QED) is 0.631. The molecule has 0 aliphatic rings. The zero-order valence-electron chi connectivity index (χ0n) is 9.75. The number of nitrogens with one attached hydrogen (secondary N) is 2. The summed E-state index contributed by atoms with van der Waals surface area (Å²) in [5.41, 5.74) is 6.23. The second-order valence-electron chi connectivity index (χ2n) is 3.74. The lowest BCUT2D eigenvalue weighted by Crippen LogP contribution is -2.02. The lowest BCUT2D eigenvalue weighted by Gasteiger charge is -2.03. The van der Waals surface area contributed by atoms with Gasteiger partial charge in [-0.1, -0.05) is 0 Å². The Bertz CT molecular complexity index is 682. The third-order valence-electron chi connectivity index (χ3n) is 2.54. The van der Waals surface area contributed by atoms with E-state index in [1.165, 1.54) is 0 Å². The molecule has 3 aromatic heterocycles. The van der Waals surface area contributed by atoms with E-state index >= 15 is 0 Å². The van der Waals surface area contributed by atoms with Crippen LogP contribution in [0.25, 0.3) is 11.0 Å². The Labute approximate surface area is 102 Å². The van der Waals surface area contributed by atoms with Gasteiger partial charge in [-0.25, -0.2) is 0 Å². The summed E-state index contributed by atoms with van der Waals surface area (Å²) in [6.07, 6.45) is 3.54. The standard InChI is InChI=1S/C10H12N8/c1-2-18-4-3-7(17-18)13-8-6-5-12-16-9(6)15-10(11)14-8/h3-5H,2H2,1H3,(H4,11,12,13,14,15,16,17). The van der Waals surface area contributed by atoms with Crippen molar-refractivity contribution in [3.8, 4) is 0 Å². The van der Waals surface area contributed by atoms with E-state index in [9.17, 15) is 0 Å². The van der Waals surface area contributed by atoms with Gasteiger partial charge in [-0.05, 0) is 6.92 Å². The lowest BCUT2D eigenvalue weighted by atomic mass is 10.4. The summed E-state index contributed by atoms with van der Waals surface area (Å²) >= 11 is 0. The minimum Gasteiger partial charge on any atom is -0.368 e. The van der Waals surface area contributed by atoms with Gasteiger partial charge in [0.2, 0.25) is 5.95 Å². The minimum absolute atomic E-state index is 0.184. The number of hydrogen-bond donors (Lipinski definition) is 3. The van der Waals surface area contributed by atoms with E-state index in [0.717, 1.165) is 11.9 Å². The molecule has 4 N–H and O–H groups in total. The van der Waals surface area contributed by atoms with Crippen molar-refractivity contribution in [2.45, 2.75) is 13.5 Å². The van der Waals surface area contributed by atoms with Crippen LogP contribution in [0.2, 0.25) is 0 Å². The maximum Gasteiger partial charge on any atom is 0.224 e. The van der Waals surface area contributed by atoms with Gasteiger partial charge < -0.3 is 11.1 Å². The van der Waals surface area contributed by atoms with Gasteiger partial charge >= 0.3 is 0 Å². The third-order valence-corrected chi connectivity index (χ3v) is 2.54. The molecule has 18 heavy (non-hydrogen) atoms. The predicted octanol–water partition coefficient (Wildman–Crippen LogP) is 0.895. The van der Waals surface area contributed by atoms with Gasteiger partial charge in [-0.2, -0.15) is 20.2 Å². The van der Waals surface area contributed by atoms with Gasteiger partial charge in [0.1, 0.15) is 5.82 Å². The van der Waals surface area contributed by atoms with Crippen molar-refractivity contribution in [1.82, 2.24) is 29.9 Å². The normalized spacial score (nSPS) is 10.9. The van der Waals surface area contributed by atoms with Gasteiger partial charge in [0.05, 0.1) is 11.6 Å². The fraction of sp³-hybridized carbons (Fsp3) is 0.200. The summed E-state index contributed by atoms with van der Waals surface area (Å²) in [7, 11) is 0. The van der Waals surface area contributed by atoms with Crippen LogP contribution >= 0.6 is 0 Å². The van der Waals surface area contributed by atoms with Crippen molar-refractivity contribution < 1.29 is 0 Å². The average Bonchev–Trinajstić information content (AvgIpc) is 2.97. The number of aryl methyl sites for hydroxylation is 1. The number of fused-ring (bicyclic) bond motifs is 1. The number of rotatable bonds is 3. The van der Waals surface area contributed by atoms with E-state index in [0.29, 0.717) is 17.3 Å². The molecule has 0 bridgehead atoms. The highest BCUT2D eigenvalue weighted by Crippen LogP contribution is 2.21. The molecule has 0 saturated heterocycles. The number of hydrogen-bond acceptors (Lipinski definition) is 6. The molecule has 0 unspecified atom stereocenters. The number of aromatic nitrogens is 6. The Morgan fingerprint density at radius 2 is 2.33 bits per heavy atom. The van der Waals surface area contributed by atoms with Gasteiger partial charge in [0.15, 0.2) is 11.5 Å². The van der Waals surface area contributed by atoms with E-state index in [1.54, 1.807) is 6.20 Å². The fourth-order valence-corrected chi connectivity index (χ4v) is 1.67. The zero-order valence-corrected chi connectivity index (χ0v) is 9.75. The van der Waals surface area contributed by atoms with Gasteiger partial charge in [-0.15, -0.1) is 0 Å². The van der Waals surface area contributed by atoms with Crippen LogP contribution in [0.1, 0.15) is 6.92 Å². The van der Waals surface area contributed by atoms with Crippen LogP contribution in [0.15, 0.2) is 18.5 Å². The summed E-state index contributed by atoms with van der Waals surface area (Å²) in [6.45, 7) is 2.84. The minimum atomic E-state index is 0.184. The monoisotopic (exact) mass is 244 g/mol. The van der Waals surface area contributed by atoms with Crippen molar-refractivity contribution >= 4 is 28.6 Å². The van der Waals surface area contributed by atoms with Crippen LogP contribution in [0.3, 0.4) is 0 Å². The summed E-state index contributed by atoms with van der Waals surface area (Å²) in [4.78, 5) is 8.19. The van der Waals surface area contributed by atoms with Crippen molar-refractivity contribution in [3.63, 3.8) is 0 Å². The molecule has 0 radical (unpaired) electrons. The molecule has 0 atom stereocenters. The van der Waals surface area contributed by atoms with Crippen LogP contribution in [0, 0.1) is 0 Å². The summed E-state index contributed by atoms with van der Waals surface area (Å²) in [5, 5.41) is 14.9. The van der Waals surface area contributed by atoms with E-state index in [4.69, 9.17) is 5.73 Å². The second-order valence-corrected chi connectivity index (χ2v) is 3.74. The van der Waals surface area contributed by atoms with E-state index in [2.05, 4.69) is 30.6 Å². The fourth-order valence-electron chi connectivity index (χ4n) is 1.67. The van der Waals surface area contributed by atoms with Crippen LogP contribution in [0.5, 0.6) is 0 Å². The lowest BCUT2D eigenvalue weighted by molar-refractivity contribution is 0.662. The molecule has 0 fully saturated rings. The van der Waals surface area contributed by atoms with Crippen LogP contribution in [-0.4, -0.2) is 29.9 Å². The molecule has 0 amide bonds. The van der Waals surface area contributed by atoms with Crippen molar-refractivity contribution in [2.75, 3.05) is 11.1 Å². The molecule has 3 rings (SSSR count). The molecule has 8 heteroatoms. The number of aromatic amines is 1. The summed E-state index contributed by atoms with van der Waals surface area (Å²) in [5.74, 6) is 1.48. The SMILES string of the molecule is CCn1ccc(Nc2nc(N)nc3[nH]ncc23)n1. The van der Waals surface area contributed by atoms with E-state index in [1.807, 2.05) is 23.9 Å². The molecule has 0 aliphatic carbocycles. The average molecular weight is 244 g/mol. The Kier molecular flexibility index (Phi) is 2.33.